The first-order valence-electron chi connectivity index (χ1n) is 10.2. The lowest BCUT2D eigenvalue weighted by Crippen LogP contribution is -2.09. The zero-order valence-corrected chi connectivity index (χ0v) is 19.0. The smallest absolute Gasteiger partial charge is 0.342 e. The number of nitrogens with zero attached hydrogens (tertiary/aromatic N) is 5. The van der Waals surface area contributed by atoms with Crippen LogP contribution in [0.2, 0.25) is 5.02 Å². The molecule has 34 heavy (non-hydrogen) atoms. The molecule has 0 atom stereocenters. The average molecular weight is 487 g/mol. The predicted octanol–water partition coefficient (Wildman–Crippen LogP) is 5.06. The number of rotatable bonds is 9. The van der Waals surface area contributed by atoms with Crippen molar-refractivity contribution >= 4 is 39.8 Å². The lowest BCUT2D eigenvalue weighted by molar-refractivity contribution is -0.392. The van der Waals surface area contributed by atoms with E-state index in [1.807, 2.05) is 0 Å². The Morgan fingerprint density at radius 3 is 2.76 bits per heavy atom. The van der Waals surface area contributed by atoms with Gasteiger partial charge in [-0.05, 0) is 29.2 Å². The number of halogens is 2. The number of aryl methyl sites for hydroxylation is 1. The zero-order valence-electron chi connectivity index (χ0n) is 18.3. The molecule has 0 fully saturated rings. The van der Waals surface area contributed by atoms with Gasteiger partial charge in [0.25, 0.3) is 0 Å². The second-order valence-electron chi connectivity index (χ2n) is 7.27. The second-order valence-corrected chi connectivity index (χ2v) is 7.68. The van der Waals surface area contributed by atoms with Crippen molar-refractivity contribution in [2.75, 3.05) is 19.0 Å². The van der Waals surface area contributed by atoms with Crippen LogP contribution in [0.1, 0.15) is 12.2 Å². The normalized spacial score (nSPS) is 10.9. The van der Waals surface area contributed by atoms with Crippen molar-refractivity contribution in [3.8, 4) is 11.5 Å². The number of ether oxygens (including phenoxy) is 2. The summed E-state index contributed by atoms with van der Waals surface area (Å²) < 4.78 is 26.4. The Hall–Kier alpha value is -3.99. The van der Waals surface area contributed by atoms with E-state index in [2.05, 4.69) is 20.3 Å². The van der Waals surface area contributed by atoms with Crippen LogP contribution in [0.25, 0.3) is 10.9 Å². The predicted molar refractivity (Wildman–Crippen MR) is 125 cm³/mol. The SMILES string of the molecule is COc1cc2ncnc(Nc3ccc(F)c(Cl)c3)c2cc1OCCCn1c([N+](=O)[O-])cnc1C. The average Bonchev–Trinajstić information content (AvgIpc) is 3.19. The first-order valence-corrected chi connectivity index (χ1v) is 10.6. The maximum absolute atomic E-state index is 13.5. The highest BCUT2D eigenvalue weighted by atomic mass is 35.5. The van der Waals surface area contributed by atoms with Gasteiger partial charge in [0, 0.05) is 30.5 Å². The lowest BCUT2D eigenvalue weighted by Gasteiger charge is -2.14. The van der Waals surface area contributed by atoms with Gasteiger partial charge in [-0.25, -0.2) is 23.9 Å². The minimum Gasteiger partial charge on any atom is -0.493 e. The number of methoxy groups -OCH3 is 1. The van der Waals surface area contributed by atoms with E-state index in [9.17, 15) is 14.5 Å². The molecule has 2 heterocycles. The Labute approximate surface area is 198 Å². The molecule has 4 rings (SSSR count). The van der Waals surface area contributed by atoms with E-state index in [1.54, 1.807) is 25.1 Å². The fourth-order valence-electron chi connectivity index (χ4n) is 3.43. The van der Waals surface area contributed by atoms with Crippen molar-refractivity contribution in [3.05, 3.63) is 69.6 Å². The van der Waals surface area contributed by atoms with Gasteiger partial charge in [-0.15, -0.1) is 0 Å². The maximum atomic E-state index is 13.5. The highest BCUT2D eigenvalue weighted by Crippen LogP contribution is 2.35. The van der Waals surface area contributed by atoms with Crippen LogP contribution in [-0.4, -0.2) is 38.2 Å². The summed E-state index contributed by atoms with van der Waals surface area (Å²) in [5.74, 6) is 1.40. The number of benzene rings is 2. The number of hydrogen-bond acceptors (Lipinski definition) is 8. The first-order chi connectivity index (χ1) is 16.4. The number of fused-ring (bicyclic) bond motifs is 1. The summed E-state index contributed by atoms with van der Waals surface area (Å²) in [6, 6.07) is 7.74. The molecule has 0 saturated heterocycles. The Morgan fingerprint density at radius 1 is 1.21 bits per heavy atom. The van der Waals surface area contributed by atoms with E-state index < -0.39 is 10.7 Å². The molecule has 0 aliphatic carbocycles. The Kier molecular flexibility index (Phi) is 6.73. The molecule has 1 N–H and O–H groups in total. The van der Waals surface area contributed by atoms with Crippen molar-refractivity contribution in [1.82, 2.24) is 19.5 Å². The highest BCUT2D eigenvalue weighted by Gasteiger charge is 2.17. The van der Waals surface area contributed by atoms with Gasteiger partial charge in [-0.3, -0.25) is 0 Å². The molecule has 0 bridgehead atoms. The molecule has 0 saturated carbocycles. The molecule has 2 aromatic heterocycles. The van der Waals surface area contributed by atoms with Crippen LogP contribution in [0.4, 0.5) is 21.7 Å². The highest BCUT2D eigenvalue weighted by molar-refractivity contribution is 6.31. The van der Waals surface area contributed by atoms with E-state index in [-0.39, 0.29) is 17.4 Å². The quantitative estimate of drug-likeness (QED) is 0.198. The van der Waals surface area contributed by atoms with Gasteiger partial charge >= 0.3 is 5.82 Å². The number of nitro groups is 1. The number of nitrogens with one attached hydrogen (secondary N) is 1. The number of anilines is 2. The standard InChI is InChI=1S/C22H20ClFN6O4/c1-13-25-11-21(30(31)32)29(13)6-3-7-34-20-9-15-18(10-19(20)33-2)26-12-27-22(15)28-14-4-5-17(24)16(23)8-14/h4-5,8-12H,3,6-7H2,1-2H3,(H,26,27,28). The van der Waals surface area contributed by atoms with Crippen LogP contribution in [0.3, 0.4) is 0 Å². The van der Waals surface area contributed by atoms with Gasteiger partial charge in [-0.2, -0.15) is 0 Å². The van der Waals surface area contributed by atoms with Crippen molar-refractivity contribution in [2.24, 2.45) is 0 Å². The van der Waals surface area contributed by atoms with Gasteiger partial charge < -0.3 is 24.9 Å². The third-order valence-corrected chi connectivity index (χ3v) is 5.40. The van der Waals surface area contributed by atoms with Gasteiger partial charge in [0.1, 0.15) is 24.2 Å². The summed E-state index contributed by atoms with van der Waals surface area (Å²) in [5.41, 5.74) is 1.17. The molecule has 12 heteroatoms. The van der Waals surface area contributed by atoms with Crippen molar-refractivity contribution in [2.45, 2.75) is 19.9 Å². The van der Waals surface area contributed by atoms with E-state index in [0.29, 0.717) is 52.7 Å². The van der Waals surface area contributed by atoms with Gasteiger partial charge in [0.05, 0.1) is 30.8 Å². The zero-order chi connectivity index (χ0) is 24.2. The van der Waals surface area contributed by atoms with Gasteiger partial charge in [0.2, 0.25) is 0 Å². The summed E-state index contributed by atoms with van der Waals surface area (Å²) in [4.78, 5) is 23.3. The van der Waals surface area contributed by atoms with Crippen LogP contribution < -0.4 is 14.8 Å². The molecule has 2 aromatic carbocycles. The minimum atomic E-state index is -0.517. The summed E-state index contributed by atoms with van der Waals surface area (Å²) in [6.07, 6.45) is 3.14. The maximum Gasteiger partial charge on any atom is 0.342 e. The number of aromatic nitrogens is 4. The lowest BCUT2D eigenvalue weighted by atomic mass is 10.2. The van der Waals surface area contributed by atoms with Crippen LogP contribution in [0.15, 0.2) is 42.9 Å². The van der Waals surface area contributed by atoms with Crippen LogP contribution >= 0.6 is 11.6 Å². The van der Waals surface area contributed by atoms with Crippen LogP contribution in [0, 0.1) is 22.9 Å². The van der Waals surface area contributed by atoms with E-state index in [4.69, 9.17) is 21.1 Å². The molecule has 4 aromatic rings. The molecule has 0 aliphatic heterocycles. The monoisotopic (exact) mass is 486 g/mol. The van der Waals surface area contributed by atoms with Gasteiger partial charge in [0.15, 0.2) is 17.3 Å². The second kappa shape index (κ2) is 9.87. The molecular formula is C22H20ClFN6O4. The van der Waals surface area contributed by atoms with Crippen molar-refractivity contribution in [1.29, 1.82) is 0 Å². The molecule has 176 valence electrons. The summed E-state index contributed by atoms with van der Waals surface area (Å²) in [5, 5.41) is 14.9. The van der Waals surface area contributed by atoms with Crippen molar-refractivity contribution in [3.63, 3.8) is 0 Å². The molecule has 0 aliphatic rings. The van der Waals surface area contributed by atoms with Crippen molar-refractivity contribution < 1.29 is 18.8 Å². The number of imidazole rings is 1. The fourth-order valence-corrected chi connectivity index (χ4v) is 3.61. The largest absolute Gasteiger partial charge is 0.493 e. The third-order valence-electron chi connectivity index (χ3n) is 5.11. The molecule has 0 spiro atoms. The Morgan fingerprint density at radius 2 is 2.03 bits per heavy atom. The van der Waals surface area contributed by atoms with Crippen LogP contribution in [0.5, 0.6) is 11.5 Å². The topological polar surface area (TPSA) is 117 Å². The first kappa shape index (κ1) is 23.2. The molecule has 10 nitrogen and oxygen atoms in total. The Bertz CT molecular complexity index is 1360. The summed E-state index contributed by atoms with van der Waals surface area (Å²) in [6.45, 7) is 2.36. The van der Waals surface area contributed by atoms with Crippen LogP contribution in [-0.2, 0) is 6.54 Å². The van der Waals surface area contributed by atoms with Gasteiger partial charge in [-0.1, -0.05) is 11.6 Å². The van der Waals surface area contributed by atoms with E-state index in [1.165, 1.54) is 36.3 Å². The van der Waals surface area contributed by atoms with E-state index in [0.717, 1.165) is 0 Å². The third kappa shape index (κ3) is 4.84. The minimum absolute atomic E-state index is 0.0116. The fraction of sp³-hybridized carbons (Fsp3) is 0.227. The molecule has 0 radical (unpaired) electrons. The summed E-state index contributed by atoms with van der Waals surface area (Å²) in [7, 11) is 1.52. The molecule has 0 unspecified atom stereocenters. The summed E-state index contributed by atoms with van der Waals surface area (Å²) >= 11 is 5.88. The molecule has 0 amide bonds. The van der Waals surface area contributed by atoms with E-state index >= 15 is 0 Å². The number of hydrogen-bond donors (Lipinski definition) is 1. The Balaban J connectivity index is 1.54. The molecular weight excluding hydrogens is 467 g/mol.